The van der Waals surface area contributed by atoms with Crippen LogP contribution in [0.5, 0.6) is 0 Å². The van der Waals surface area contributed by atoms with Crippen molar-refractivity contribution in [2.45, 2.75) is 0 Å². The van der Waals surface area contributed by atoms with E-state index in [-0.39, 0.29) is 0 Å². The van der Waals surface area contributed by atoms with Gasteiger partial charge in [0, 0.05) is 10.7 Å². The summed E-state index contributed by atoms with van der Waals surface area (Å²) in [7, 11) is 0. The summed E-state index contributed by atoms with van der Waals surface area (Å²) in [6, 6.07) is 9.00. The van der Waals surface area contributed by atoms with E-state index >= 15 is 0 Å². The molecule has 3 rings (SSSR count). The van der Waals surface area contributed by atoms with E-state index in [4.69, 9.17) is 29.1 Å². The quantitative estimate of drug-likeness (QED) is 0.651. The van der Waals surface area contributed by atoms with Crippen LogP contribution in [0.4, 0.5) is 0 Å². The van der Waals surface area contributed by atoms with E-state index in [1.165, 1.54) is 0 Å². The SMILES string of the molecule is N#Cc1ccc(Cl)c(-n2c(=S)[nH]c3cc(Br)cnc32)c1. The molecule has 0 spiro atoms. The van der Waals surface area contributed by atoms with Crippen LogP contribution in [-0.2, 0) is 0 Å². The summed E-state index contributed by atoms with van der Waals surface area (Å²) < 4.78 is 3.05. The number of rotatable bonds is 1. The molecule has 1 N–H and O–H groups in total. The maximum atomic E-state index is 9.01. The van der Waals surface area contributed by atoms with Gasteiger partial charge in [0.2, 0.25) is 0 Å². The Bertz CT molecular complexity index is 922. The molecule has 0 aliphatic rings. The van der Waals surface area contributed by atoms with E-state index in [2.05, 4.69) is 32.0 Å². The zero-order chi connectivity index (χ0) is 14.3. The minimum atomic E-state index is 0.475. The van der Waals surface area contributed by atoms with Gasteiger partial charge in [-0.15, -0.1) is 0 Å². The molecule has 0 unspecified atom stereocenters. The van der Waals surface area contributed by atoms with Gasteiger partial charge in [-0.1, -0.05) is 11.6 Å². The molecule has 0 aliphatic carbocycles. The average molecular weight is 366 g/mol. The van der Waals surface area contributed by atoms with Gasteiger partial charge in [-0.25, -0.2) is 4.98 Å². The fourth-order valence-corrected chi connectivity index (χ4v) is 2.77. The number of nitriles is 1. The zero-order valence-electron chi connectivity index (χ0n) is 9.89. The fourth-order valence-electron chi connectivity index (χ4n) is 1.95. The van der Waals surface area contributed by atoms with Crippen LogP contribution in [0.3, 0.4) is 0 Å². The number of aromatic nitrogens is 3. The van der Waals surface area contributed by atoms with Crippen molar-refractivity contribution >= 4 is 50.9 Å². The number of hydrogen-bond acceptors (Lipinski definition) is 3. The summed E-state index contributed by atoms with van der Waals surface area (Å²) in [5, 5.41) is 9.52. The largest absolute Gasteiger partial charge is 0.329 e. The molecule has 98 valence electrons. The Kier molecular flexibility index (Phi) is 3.34. The first-order valence-corrected chi connectivity index (χ1v) is 7.14. The van der Waals surface area contributed by atoms with Crippen LogP contribution in [0.25, 0.3) is 16.9 Å². The summed E-state index contributed by atoms with van der Waals surface area (Å²) in [6.45, 7) is 0. The van der Waals surface area contributed by atoms with Gasteiger partial charge in [0.05, 0.1) is 27.9 Å². The van der Waals surface area contributed by atoms with E-state index in [0.29, 0.717) is 26.7 Å². The number of benzene rings is 1. The molecule has 0 aliphatic heterocycles. The molecule has 4 nitrogen and oxygen atoms in total. The molecule has 0 fully saturated rings. The van der Waals surface area contributed by atoms with Crippen molar-refractivity contribution in [3.05, 3.63) is 50.3 Å². The second kappa shape index (κ2) is 5.02. The van der Waals surface area contributed by atoms with Crippen molar-refractivity contribution < 1.29 is 0 Å². The third kappa shape index (κ3) is 2.14. The lowest BCUT2D eigenvalue weighted by molar-refractivity contribution is 1.04. The predicted molar refractivity (Wildman–Crippen MR) is 83.7 cm³/mol. The Morgan fingerprint density at radius 1 is 1.40 bits per heavy atom. The molecule has 0 saturated heterocycles. The highest BCUT2D eigenvalue weighted by atomic mass is 79.9. The first kappa shape index (κ1) is 13.3. The van der Waals surface area contributed by atoms with Crippen molar-refractivity contribution in [1.82, 2.24) is 14.5 Å². The Morgan fingerprint density at radius 3 is 2.95 bits per heavy atom. The Hall–Kier alpha value is -1.68. The highest BCUT2D eigenvalue weighted by Gasteiger charge is 2.12. The summed E-state index contributed by atoms with van der Waals surface area (Å²) >= 11 is 14.9. The molecule has 0 radical (unpaired) electrons. The summed E-state index contributed by atoms with van der Waals surface area (Å²) in [6.07, 6.45) is 1.68. The maximum Gasteiger partial charge on any atom is 0.184 e. The highest BCUT2D eigenvalue weighted by molar-refractivity contribution is 9.10. The molecule has 2 heterocycles. The lowest BCUT2D eigenvalue weighted by Gasteiger charge is -2.06. The summed E-state index contributed by atoms with van der Waals surface area (Å²) in [5.41, 5.74) is 2.60. The molecule has 2 aromatic heterocycles. The molecule has 0 bridgehead atoms. The molecule has 0 atom stereocenters. The lowest BCUT2D eigenvalue weighted by atomic mass is 10.2. The van der Waals surface area contributed by atoms with Gasteiger partial charge in [-0.3, -0.25) is 4.57 Å². The second-order valence-corrected chi connectivity index (χ2v) is 5.78. The standard InChI is InChI=1S/C13H6BrClN4S/c14-8-4-10-12(17-6-8)19(13(20)18-10)11-3-7(5-16)1-2-9(11)15/h1-4,6H,(H,18,20). The molecular formula is C13H6BrClN4S. The molecule has 20 heavy (non-hydrogen) atoms. The minimum absolute atomic E-state index is 0.475. The number of nitrogens with one attached hydrogen (secondary N) is 1. The van der Waals surface area contributed by atoms with Crippen LogP contribution in [0.15, 0.2) is 34.9 Å². The van der Waals surface area contributed by atoms with Crippen molar-refractivity contribution in [2.24, 2.45) is 0 Å². The van der Waals surface area contributed by atoms with E-state index in [9.17, 15) is 0 Å². The number of aromatic amines is 1. The highest BCUT2D eigenvalue weighted by Crippen LogP contribution is 2.26. The van der Waals surface area contributed by atoms with Crippen LogP contribution >= 0.6 is 39.7 Å². The number of halogens is 2. The van der Waals surface area contributed by atoms with Crippen LogP contribution in [0.2, 0.25) is 5.02 Å². The van der Waals surface area contributed by atoms with Crippen molar-refractivity contribution in [3.63, 3.8) is 0 Å². The lowest BCUT2D eigenvalue weighted by Crippen LogP contribution is -1.97. The molecule has 7 heteroatoms. The Morgan fingerprint density at radius 2 is 2.20 bits per heavy atom. The Balaban J connectivity index is 2.38. The normalized spacial score (nSPS) is 10.7. The predicted octanol–water partition coefficient (Wildman–Crippen LogP) is 4.37. The van der Waals surface area contributed by atoms with Gasteiger partial charge in [-0.2, -0.15) is 5.26 Å². The molecule has 3 aromatic rings. The van der Waals surface area contributed by atoms with Crippen molar-refractivity contribution in [3.8, 4) is 11.8 Å². The monoisotopic (exact) mass is 364 g/mol. The van der Waals surface area contributed by atoms with Gasteiger partial charge in [0.25, 0.3) is 0 Å². The fraction of sp³-hybridized carbons (Fsp3) is 0. The summed E-state index contributed by atoms with van der Waals surface area (Å²) in [5.74, 6) is 0. The van der Waals surface area contributed by atoms with Gasteiger partial charge in [0.1, 0.15) is 0 Å². The molecular weight excluding hydrogens is 360 g/mol. The molecule has 0 amide bonds. The topological polar surface area (TPSA) is 57.4 Å². The first-order valence-electron chi connectivity index (χ1n) is 5.56. The van der Waals surface area contributed by atoms with Gasteiger partial charge in [0.15, 0.2) is 10.4 Å². The number of fused-ring (bicyclic) bond motifs is 1. The number of hydrogen-bond donors (Lipinski definition) is 1. The van der Waals surface area contributed by atoms with Crippen molar-refractivity contribution in [1.29, 1.82) is 5.26 Å². The smallest absolute Gasteiger partial charge is 0.184 e. The number of pyridine rings is 1. The van der Waals surface area contributed by atoms with Gasteiger partial charge >= 0.3 is 0 Å². The maximum absolute atomic E-state index is 9.01. The van der Waals surface area contributed by atoms with E-state index in [1.807, 2.05) is 6.07 Å². The second-order valence-electron chi connectivity index (χ2n) is 4.07. The third-order valence-electron chi connectivity index (χ3n) is 2.81. The number of imidazole rings is 1. The van der Waals surface area contributed by atoms with Crippen LogP contribution < -0.4 is 0 Å². The number of H-pyrrole nitrogens is 1. The van der Waals surface area contributed by atoms with Crippen LogP contribution in [-0.4, -0.2) is 14.5 Å². The van der Waals surface area contributed by atoms with Gasteiger partial charge in [-0.05, 0) is 52.4 Å². The molecule has 1 aromatic carbocycles. The number of nitrogens with zero attached hydrogens (tertiary/aromatic N) is 3. The third-order valence-corrected chi connectivity index (χ3v) is 3.84. The van der Waals surface area contributed by atoms with Crippen molar-refractivity contribution in [2.75, 3.05) is 0 Å². The van der Waals surface area contributed by atoms with Crippen LogP contribution in [0.1, 0.15) is 5.56 Å². The zero-order valence-corrected chi connectivity index (χ0v) is 13.1. The first-order chi connectivity index (χ1) is 9.60. The van der Waals surface area contributed by atoms with Gasteiger partial charge < -0.3 is 4.98 Å². The minimum Gasteiger partial charge on any atom is -0.329 e. The summed E-state index contributed by atoms with van der Waals surface area (Å²) in [4.78, 5) is 7.43. The van der Waals surface area contributed by atoms with E-state index in [0.717, 1.165) is 9.99 Å². The van der Waals surface area contributed by atoms with E-state index < -0.39 is 0 Å². The van der Waals surface area contributed by atoms with E-state index in [1.54, 1.807) is 29.0 Å². The average Bonchev–Trinajstić information content (AvgIpc) is 2.74. The van der Waals surface area contributed by atoms with Crippen LogP contribution in [0, 0.1) is 16.1 Å². The Labute approximate surface area is 132 Å². The molecule has 0 saturated carbocycles.